The number of carbonyl (C=O) groups is 1. The van der Waals surface area contributed by atoms with Gasteiger partial charge in [-0.15, -0.1) is 0 Å². The molecule has 2 aromatic rings. The molecular formula is C30H43N3O3. The predicted octanol–water partition coefficient (Wildman–Crippen LogP) is 5.59. The lowest BCUT2D eigenvalue weighted by Crippen LogP contribution is -2.54. The molecule has 2 atom stereocenters. The highest BCUT2D eigenvalue weighted by Crippen LogP contribution is 2.38. The van der Waals surface area contributed by atoms with E-state index in [1.165, 1.54) is 11.1 Å². The number of carbonyl (C=O) groups excluding carboxylic acids is 1. The molecule has 0 radical (unpaired) electrons. The number of piperidine rings is 1. The SMILES string of the molecule is COc1ccc(CN2CCN([C@H](c3ccccc3)C3CCN(C(=O)OC(C)(C)C)CC3)[C@@H](C)C2)cc1. The minimum Gasteiger partial charge on any atom is -0.497 e. The van der Waals surface area contributed by atoms with Gasteiger partial charge < -0.3 is 14.4 Å². The van der Waals surface area contributed by atoms with Crippen LogP contribution in [0.15, 0.2) is 54.6 Å². The van der Waals surface area contributed by atoms with E-state index in [2.05, 4.69) is 59.2 Å². The summed E-state index contributed by atoms with van der Waals surface area (Å²) in [6.45, 7) is 13.8. The molecule has 2 aliphatic rings. The Kier molecular flexibility index (Phi) is 8.58. The van der Waals surface area contributed by atoms with Crippen molar-refractivity contribution in [2.75, 3.05) is 39.8 Å². The summed E-state index contributed by atoms with van der Waals surface area (Å²) in [7, 11) is 1.71. The lowest BCUT2D eigenvalue weighted by Gasteiger charge is -2.48. The zero-order valence-electron chi connectivity index (χ0n) is 22.7. The normalized spacial score (nSPS) is 21.2. The van der Waals surface area contributed by atoms with Crippen LogP contribution in [-0.4, -0.2) is 72.3 Å². The second-order valence-electron chi connectivity index (χ2n) is 11.3. The molecule has 2 aromatic carbocycles. The van der Waals surface area contributed by atoms with Crippen LogP contribution in [-0.2, 0) is 11.3 Å². The minimum atomic E-state index is -0.457. The maximum atomic E-state index is 12.6. The van der Waals surface area contributed by atoms with Crippen molar-refractivity contribution in [3.8, 4) is 5.75 Å². The van der Waals surface area contributed by atoms with Gasteiger partial charge in [-0.25, -0.2) is 4.79 Å². The quantitative estimate of drug-likeness (QED) is 0.525. The van der Waals surface area contributed by atoms with Crippen LogP contribution in [0.2, 0.25) is 0 Å². The molecule has 2 saturated heterocycles. The Morgan fingerprint density at radius 1 is 0.972 bits per heavy atom. The number of hydrogen-bond donors (Lipinski definition) is 0. The van der Waals surface area contributed by atoms with Crippen LogP contribution in [0, 0.1) is 5.92 Å². The van der Waals surface area contributed by atoms with Crippen LogP contribution in [0.3, 0.4) is 0 Å². The number of rotatable bonds is 6. The number of likely N-dealkylation sites (tertiary alicyclic amines) is 1. The molecule has 0 bridgehead atoms. The van der Waals surface area contributed by atoms with Crippen LogP contribution in [0.1, 0.15) is 57.7 Å². The summed E-state index contributed by atoms with van der Waals surface area (Å²) in [5, 5.41) is 0. The molecule has 2 fully saturated rings. The van der Waals surface area contributed by atoms with Crippen LogP contribution < -0.4 is 4.74 Å². The van der Waals surface area contributed by atoms with Gasteiger partial charge in [-0.1, -0.05) is 42.5 Å². The monoisotopic (exact) mass is 493 g/mol. The zero-order chi connectivity index (χ0) is 25.7. The molecule has 0 aromatic heterocycles. The first-order valence-corrected chi connectivity index (χ1v) is 13.4. The first-order chi connectivity index (χ1) is 17.2. The van der Waals surface area contributed by atoms with Crippen molar-refractivity contribution >= 4 is 6.09 Å². The second kappa shape index (κ2) is 11.7. The Bertz CT molecular complexity index is 965. The topological polar surface area (TPSA) is 45.2 Å². The van der Waals surface area contributed by atoms with Crippen molar-refractivity contribution in [2.45, 2.75) is 64.8 Å². The zero-order valence-corrected chi connectivity index (χ0v) is 22.7. The van der Waals surface area contributed by atoms with E-state index < -0.39 is 5.60 Å². The number of benzene rings is 2. The van der Waals surface area contributed by atoms with Gasteiger partial charge >= 0.3 is 6.09 Å². The highest BCUT2D eigenvalue weighted by Gasteiger charge is 2.37. The summed E-state index contributed by atoms with van der Waals surface area (Å²) < 4.78 is 10.9. The van der Waals surface area contributed by atoms with Crippen molar-refractivity contribution < 1.29 is 14.3 Å². The smallest absolute Gasteiger partial charge is 0.410 e. The van der Waals surface area contributed by atoms with Gasteiger partial charge in [-0.2, -0.15) is 0 Å². The highest BCUT2D eigenvalue weighted by atomic mass is 16.6. The van der Waals surface area contributed by atoms with E-state index in [9.17, 15) is 4.79 Å². The van der Waals surface area contributed by atoms with Crippen LogP contribution in [0.5, 0.6) is 5.75 Å². The Labute approximate surface area is 217 Å². The first-order valence-electron chi connectivity index (χ1n) is 13.4. The fourth-order valence-corrected chi connectivity index (χ4v) is 5.70. The van der Waals surface area contributed by atoms with Crippen LogP contribution in [0.25, 0.3) is 0 Å². The summed E-state index contributed by atoms with van der Waals surface area (Å²) in [6.07, 6.45) is 1.81. The first kappa shape index (κ1) is 26.5. The van der Waals surface area contributed by atoms with Crippen molar-refractivity contribution in [1.29, 1.82) is 0 Å². The second-order valence-corrected chi connectivity index (χ2v) is 11.3. The summed E-state index contributed by atoms with van der Waals surface area (Å²) in [5.41, 5.74) is 2.26. The van der Waals surface area contributed by atoms with Gasteiger partial charge in [0.05, 0.1) is 7.11 Å². The van der Waals surface area contributed by atoms with Gasteiger partial charge in [0.15, 0.2) is 0 Å². The molecule has 6 heteroatoms. The maximum absolute atomic E-state index is 12.6. The van der Waals surface area contributed by atoms with Crippen molar-refractivity contribution in [2.24, 2.45) is 5.92 Å². The van der Waals surface area contributed by atoms with E-state index >= 15 is 0 Å². The Morgan fingerprint density at radius 3 is 2.22 bits per heavy atom. The number of amides is 1. The van der Waals surface area contributed by atoms with Gasteiger partial charge in [0, 0.05) is 51.4 Å². The Morgan fingerprint density at radius 2 is 1.64 bits per heavy atom. The van der Waals surface area contributed by atoms with Crippen LogP contribution in [0.4, 0.5) is 4.79 Å². The van der Waals surface area contributed by atoms with E-state index in [1.807, 2.05) is 37.8 Å². The Balaban J connectivity index is 1.41. The third-order valence-electron chi connectivity index (χ3n) is 7.46. The van der Waals surface area contributed by atoms with Crippen molar-refractivity contribution in [3.05, 3.63) is 65.7 Å². The third-order valence-corrected chi connectivity index (χ3v) is 7.46. The number of methoxy groups -OCH3 is 1. The predicted molar refractivity (Wildman–Crippen MR) is 144 cm³/mol. The molecule has 2 aliphatic heterocycles. The van der Waals surface area contributed by atoms with Gasteiger partial charge in [-0.3, -0.25) is 9.80 Å². The molecule has 0 saturated carbocycles. The summed E-state index contributed by atoms with van der Waals surface area (Å²) in [5.74, 6) is 1.42. The molecule has 0 spiro atoms. The average Bonchev–Trinajstić information content (AvgIpc) is 2.86. The fourth-order valence-electron chi connectivity index (χ4n) is 5.70. The minimum absolute atomic E-state index is 0.183. The summed E-state index contributed by atoms with van der Waals surface area (Å²) >= 11 is 0. The van der Waals surface area contributed by atoms with Gasteiger partial charge in [0.1, 0.15) is 11.4 Å². The Hall–Kier alpha value is -2.57. The summed E-state index contributed by atoms with van der Waals surface area (Å²) in [6, 6.07) is 20.2. The van der Waals surface area contributed by atoms with E-state index in [1.54, 1.807) is 7.11 Å². The molecule has 1 amide bonds. The standard InChI is InChI=1S/C30H43N3O3/c1-23-21-31(22-24-11-13-27(35-5)14-12-24)19-20-33(23)28(25-9-7-6-8-10-25)26-15-17-32(18-16-26)29(34)36-30(2,3)4/h6-14,23,26,28H,15-22H2,1-5H3/t23-,28+/m0/s1. The average molecular weight is 494 g/mol. The molecule has 4 rings (SSSR count). The summed E-state index contributed by atoms with van der Waals surface area (Å²) in [4.78, 5) is 19.8. The molecule has 36 heavy (non-hydrogen) atoms. The molecule has 0 unspecified atom stereocenters. The highest BCUT2D eigenvalue weighted by molar-refractivity contribution is 5.68. The molecule has 6 nitrogen and oxygen atoms in total. The van der Waals surface area contributed by atoms with E-state index in [-0.39, 0.29) is 6.09 Å². The number of piperazine rings is 1. The lowest BCUT2D eigenvalue weighted by molar-refractivity contribution is -0.00473. The van der Waals surface area contributed by atoms with E-state index in [4.69, 9.17) is 9.47 Å². The third kappa shape index (κ3) is 6.80. The molecule has 2 heterocycles. The van der Waals surface area contributed by atoms with Crippen LogP contribution >= 0.6 is 0 Å². The molecular weight excluding hydrogens is 450 g/mol. The van der Waals surface area contributed by atoms with E-state index in [0.29, 0.717) is 18.0 Å². The fraction of sp³-hybridized carbons (Fsp3) is 0.567. The maximum Gasteiger partial charge on any atom is 0.410 e. The molecule has 0 aliphatic carbocycles. The van der Waals surface area contributed by atoms with Gasteiger partial charge in [0.25, 0.3) is 0 Å². The largest absolute Gasteiger partial charge is 0.497 e. The molecule has 196 valence electrons. The lowest BCUT2D eigenvalue weighted by atomic mass is 9.83. The number of hydrogen-bond acceptors (Lipinski definition) is 5. The van der Waals surface area contributed by atoms with Crippen molar-refractivity contribution in [3.63, 3.8) is 0 Å². The number of nitrogens with zero attached hydrogens (tertiary/aromatic N) is 3. The van der Waals surface area contributed by atoms with Gasteiger partial charge in [-0.05, 0) is 69.7 Å². The molecule has 0 N–H and O–H groups in total. The van der Waals surface area contributed by atoms with Crippen molar-refractivity contribution in [1.82, 2.24) is 14.7 Å². The van der Waals surface area contributed by atoms with E-state index in [0.717, 1.165) is 57.9 Å². The van der Waals surface area contributed by atoms with Gasteiger partial charge in [0.2, 0.25) is 0 Å². The number of ether oxygens (including phenoxy) is 2.